The highest BCUT2D eigenvalue weighted by Gasteiger charge is 2.53. The molecular weight excluding hydrogens is 838 g/mol. The molecule has 2 atom stereocenters. The molecule has 6 rings (SSSR count). The summed E-state index contributed by atoms with van der Waals surface area (Å²) in [5.74, 6) is -2.59. The number of nitrogens with zero attached hydrogens (tertiary/aromatic N) is 5. The smallest absolute Gasteiger partial charge is 0.293 e. The first-order chi connectivity index (χ1) is 28.0. The molecule has 1 aliphatic carbocycles. The van der Waals surface area contributed by atoms with Crippen molar-refractivity contribution in [1.82, 2.24) is 29.9 Å². The Morgan fingerprint density at radius 2 is 1.82 bits per heavy atom. The molecular formula is C40H39ClF6N8O4S. The standard InChI is InChI=1S/C40H39ClF6N8O4S/c1-7-8-21-16-26-34(37(44)45)51-55(36(26)40(21,46)47)19-31(56)49-30(15-20-13-22(42)17-23(43)14-20)33-25(18-29(48-4)28(50-33)11-12-39(2,3)57)24-9-10-27(41)32-35(24)54(5)52-38(32)53-60(6,58)59/h7,9-10,13-14,17-18,21,30,37,48,57H,1,8,15-16,19H2,2-6H3,(H,49,56)(H,52,53). The second-order valence-electron chi connectivity index (χ2n) is 14.9. The third kappa shape index (κ3) is 9.10. The van der Waals surface area contributed by atoms with Gasteiger partial charge in [0.25, 0.3) is 12.3 Å². The van der Waals surface area contributed by atoms with Crippen LogP contribution in [0.3, 0.4) is 0 Å². The molecule has 2 unspecified atom stereocenters. The third-order valence-corrected chi connectivity index (χ3v) is 10.5. The number of amides is 1. The number of fused-ring (bicyclic) bond motifs is 2. The van der Waals surface area contributed by atoms with Gasteiger partial charge in [-0.3, -0.25) is 18.9 Å². The highest BCUT2D eigenvalue weighted by Crippen LogP contribution is 2.50. The van der Waals surface area contributed by atoms with Crippen molar-refractivity contribution in [1.29, 1.82) is 0 Å². The molecule has 0 saturated heterocycles. The molecule has 5 aromatic rings. The number of anilines is 2. The van der Waals surface area contributed by atoms with Crippen LogP contribution in [-0.4, -0.2) is 62.9 Å². The fourth-order valence-corrected chi connectivity index (χ4v) is 8.02. The Balaban J connectivity index is 1.58. The fourth-order valence-electron chi connectivity index (χ4n) is 7.29. The van der Waals surface area contributed by atoms with E-state index in [1.807, 2.05) is 0 Å². The van der Waals surface area contributed by atoms with Crippen molar-refractivity contribution in [2.45, 2.75) is 63.6 Å². The molecule has 0 bridgehead atoms. The van der Waals surface area contributed by atoms with Crippen molar-refractivity contribution < 1.29 is 44.7 Å². The molecule has 2 aromatic carbocycles. The minimum atomic E-state index is -3.86. The Bertz CT molecular complexity index is 2680. The summed E-state index contributed by atoms with van der Waals surface area (Å²) in [6.07, 6.45) is -2.04. The van der Waals surface area contributed by atoms with Gasteiger partial charge in [0.05, 0.1) is 39.6 Å². The van der Waals surface area contributed by atoms with Gasteiger partial charge in [-0.1, -0.05) is 29.7 Å². The maximum absolute atomic E-state index is 15.8. The number of nitrogens with one attached hydrogen (secondary N) is 3. The number of hydrogen-bond donors (Lipinski definition) is 4. The van der Waals surface area contributed by atoms with E-state index in [1.165, 1.54) is 37.7 Å². The van der Waals surface area contributed by atoms with Crippen LogP contribution in [0.15, 0.2) is 49.1 Å². The number of hydrogen-bond acceptors (Lipinski definition) is 8. The topological polar surface area (TPSA) is 156 Å². The first kappa shape index (κ1) is 44.0. The van der Waals surface area contributed by atoms with Crippen molar-refractivity contribution in [3.05, 3.63) is 99.6 Å². The minimum Gasteiger partial charge on any atom is -0.386 e. The number of halogens is 7. The largest absolute Gasteiger partial charge is 0.386 e. The van der Waals surface area contributed by atoms with Crippen LogP contribution < -0.4 is 15.4 Å². The van der Waals surface area contributed by atoms with E-state index in [4.69, 9.17) is 16.6 Å². The van der Waals surface area contributed by atoms with Gasteiger partial charge in [-0.25, -0.2) is 31.0 Å². The number of aliphatic hydroxyl groups is 1. The zero-order valence-corrected chi connectivity index (χ0v) is 34.3. The average molecular weight is 877 g/mol. The monoisotopic (exact) mass is 876 g/mol. The molecule has 20 heteroatoms. The van der Waals surface area contributed by atoms with Gasteiger partial charge >= 0.3 is 0 Å². The summed E-state index contributed by atoms with van der Waals surface area (Å²) in [4.78, 5) is 18.9. The lowest BCUT2D eigenvalue weighted by atomic mass is 9.93. The summed E-state index contributed by atoms with van der Waals surface area (Å²) in [5.41, 5.74) is -2.42. The van der Waals surface area contributed by atoms with Gasteiger partial charge in [0.15, 0.2) is 5.82 Å². The Kier molecular flexibility index (Phi) is 12.1. The van der Waals surface area contributed by atoms with Gasteiger partial charge < -0.3 is 15.7 Å². The first-order valence-corrected chi connectivity index (χ1v) is 20.5. The van der Waals surface area contributed by atoms with Crippen molar-refractivity contribution >= 4 is 49.9 Å². The average Bonchev–Trinajstić information content (AvgIpc) is 3.74. The summed E-state index contributed by atoms with van der Waals surface area (Å²) in [6, 6.07) is 5.91. The number of carbonyl (C=O) groups excluding carboxylic acids is 1. The molecule has 0 fully saturated rings. The molecule has 60 heavy (non-hydrogen) atoms. The van der Waals surface area contributed by atoms with Gasteiger partial charge in [0.1, 0.15) is 40.9 Å². The van der Waals surface area contributed by atoms with Crippen molar-refractivity contribution in [2.24, 2.45) is 13.0 Å². The maximum Gasteiger partial charge on any atom is 0.293 e. The van der Waals surface area contributed by atoms with E-state index in [0.717, 1.165) is 18.4 Å². The molecule has 318 valence electrons. The second kappa shape index (κ2) is 16.5. The molecule has 1 amide bonds. The second-order valence-corrected chi connectivity index (χ2v) is 17.0. The lowest BCUT2D eigenvalue weighted by molar-refractivity contribution is -0.123. The quantitative estimate of drug-likeness (QED) is 0.0551. The van der Waals surface area contributed by atoms with Gasteiger partial charge in [-0.05, 0) is 68.9 Å². The number of aryl methyl sites for hydroxylation is 1. The Hall–Kier alpha value is -5.58. The maximum atomic E-state index is 15.8. The van der Waals surface area contributed by atoms with Crippen LogP contribution in [0.1, 0.15) is 66.6 Å². The van der Waals surface area contributed by atoms with Crippen molar-refractivity contribution in [3.63, 3.8) is 0 Å². The fraction of sp³-hybridized carbons (Fsp3) is 0.350. The summed E-state index contributed by atoms with van der Waals surface area (Å²) >= 11 is 6.63. The first-order valence-electron chi connectivity index (χ1n) is 18.2. The number of allylic oxidation sites excluding steroid dienone is 1. The number of aromatic nitrogens is 5. The molecule has 0 aliphatic heterocycles. The van der Waals surface area contributed by atoms with Crippen molar-refractivity contribution in [2.75, 3.05) is 23.3 Å². The molecule has 3 aromatic heterocycles. The minimum absolute atomic E-state index is 0.00940. The lowest BCUT2D eigenvalue weighted by Crippen LogP contribution is -2.35. The Morgan fingerprint density at radius 1 is 1.13 bits per heavy atom. The predicted octanol–water partition coefficient (Wildman–Crippen LogP) is 7.18. The summed E-state index contributed by atoms with van der Waals surface area (Å²) in [6.45, 7) is 5.39. The van der Waals surface area contributed by atoms with Crippen LogP contribution in [0.25, 0.3) is 22.0 Å². The summed E-state index contributed by atoms with van der Waals surface area (Å²) in [5, 5.41) is 24.5. The van der Waals surface area contributed by atoms with Gasteiger partial charge in [-0.2, -0.15) is 19.0 Å². The molecule has 12 nitrogen and oxygen atoms in total. The zero-order valence-electron chi connectivity index (χ0n) is 32.8. The summed E-state index contributed by atoms with van der Waals surface area (Å²) in [7, 11) is -0.778. The third-order valence-electron chi connectivity index (χ3n) is 9.66. The number of sulfonamides is 1. The SMILES string of the molecule is C=CCC1Cc2c(C(F)F)nn(CC(=O)NC(Cc3cc(F)cc(F)c3)c3nc(C#CC(C)(C)O)c(NC)cc3-c3ccc(Cl)c4c(NS(C)(=O)=O)nn(C)c34)c2C1(F)F. The highest BCUT2D eigenvalue weighted by atomic mass is 35.5. The number of rotatable bonds is 13. The molecule has 1 aliphatic rings. The molecule has 0 radical (unpaired) electrons. The number of alkyl halides is 4. The van der Waals surface area contributed by atoms with E-state index in [2.05, 4.69) is 44.0 Å². The van der Waals surface area contributed by atoms with Gasteiger partial charge in [0.2, 0.25) is 15.9 Å². The zero-order chi connectivity index (χ0) is 44.1. The van der Waals surface area contributed by atoms with Crippen LogP contribution in [-0.2, 0) is 47.2 Å². The van der Waals surface area contributed by atoms with Gasteiger partial charge in [0, 0.05) is 42.8 Å². The van der Waals surface area contributed by atoms with Crippen LogP contribution in [0.5, 0.6) is 0 Å². The Morgan fingerprint density at radius 3 is 2.42 bits per heavy atom. The van der Waals surface area contributed by atoms with E-state index in [-0.39, 0.29) is 62.7 Å². The summed E-state index contributed by atoms with van der Waals surface area (Å²) < 4.78 is 118. The number of carbonyl (C=O) groups is 1. The van der Waals surface area contributed by atoms with Crippen molar-refractivity contribution in [3.8, 4) is 23.0 Å². The molecule has 3 heterocycles. The number of pyridine rings is 1. The van der Waals surface area contributed by atoms with E-state index in [1.54, 1.807) is 19.2 Å². The molecule has 0 spiro atoms. The molecule has 4 N–H and O–H groups in total. The van der Waals surface area contributed by atoms with Gasteiger partial charge in [-0.15, -0.1) is 6.58 Å². The van der Waals surface area contributed by atoms with Crippen LogP contribution in [0.4, 0.5) is 37.8 Å². The van der Waals surface area contributed by atoms with Crippen LogP contribution >= 0.6 is 11.6 Å². The van der Waals surface area contributed by atoms with E-state index in [0.29, 0.717) is 22.0 Å². The van der Waals surface area contributed by atoms with E-state index >= 15 is 8.78 Å². The van der Waals surface area contributed by atoms with Crippen LogP contribution in [0, 0.1) is 29.4 Å². The normalized spacial score (nSPS) is 15.4. The molecule has 0 saturated carbocycles. The number of benzene rings is 2. The lowest BCUT2D eigenvalue weighted by Gasteiger charge is -2.24. The van der Waals surface area contributed by atoms with E-state index in [9.17, 15) is 35.9 Å². The predicted molar refractivity (Wildman–Crippen MR) is 214 cm³/mol. The van der Waals surface area contributed by atoms with E-state index < -0.39 is 81.8 Å². The Labute approximate surface area is 346 Å². The van der Waals surface area contributed by atoms with Crippen LogP contribution in [0.2, 0.25) is 5.02 Å². The highest BCUT2D eigenvalue weighted by molar-refractivity contribution is 7.92.